The Kier molecular flexibility index (Phi) is 6.98. The topological polar surface area (TPSA) is 51.2 Å². The SMILES string of the molecule is O=C(Nc1cccnc1)c1ccc(SCc2ccccc2OCc2ccccc2)cc1. The lowest BCUT2D eigenvalue weighted by molar-refractivity contribution is 0.102. The molecule has 0 radical (unpaired) electrons. The molecular formula is C26H22N2O2S. The van der Waals surface area contributed by atoms with E-state index in [1.165, 1.54) is 0 Å². The number of ether oxygens (including phenoxy) is 1. The maximum Gasteiger partial charge on any atom is 0.255 e. The van der Waals surface area contributed by atoms with Gasteiger partial charge in [-0.05, 0) is 48.0 Å². The average Bonchev–Trinajstić information content (AvgIpc) is 2.83. The molecule has 0 bridgehead atoms. The van der Waals surface area contributed by atoms with Gasteiger partial charge in [-0.3, -0.25) is 9.78 Å². The molecule has 31 heavy (non-hydrogen) atoms. The predicted molar refractivity (Wildman–Crippen MR) is 125 cm³/mol. The van der Waals surface area contributed by atoms with Crippen molar-refractivity contribution in [2.75, 3.05) is 5.32 Å². The van der Waals surface area contributed by atoms with Gasteiger partial charge in [0.2, 0.25) is 0 Å². The van der Waals surface area contributed by atoms with Crippen molar-refractivity contribution in [1.29, 1.82) is 0 Å². The van der Waals surface area contributed by atoms with Crippen molar-refractivity contribution < 1.29 is 9.53 Å². The third kappa shape index (κ3) is 5.96. The van der Waals surface area contributed by atoms with Crippen LogP contribution in [0.1, 0.15) is 21.5 Å². The maximum atomic E-state index is 12.4. The summed E-state index contributed by atoms with van der Waals surface area (Å²) in [5.74, 6) is 1.53. The zero-order valence-corrected chi connectivity index (χ0v) is 17.7. The number of aromatic nitrogens is 1. The first-order chi connectivity index (χ1) is 15.3. The zero-order chi connectivity index (χ0) is 21.3. The second-order valence-corrected chi connectivity index (χ2v) is 7.94. The molecule has 1 heterocycles. The van der Waals surface area contributed by atoms with Crippen molar-refractivity contribution in [3.05, 3.63) is 120 Å². The number of nitrogens with zero attached hydrogens (tertiary/aromatic N) is 1. The minimum atomic E-state index is -0.149. The van der Waals surface area contributed by atoms with E-state index in [4.69, 9.17) is 4.74 Å². The second-order valence-electron chi connectivity index (χ2n) is 6.89. The molecule has 0 aliphatic carbocycles. The summed E-state index contributed by atoms with van der Waals surface area (Å²) in [5.41, 5.74) is 3.57. The fourth-order valence-corrected chi connectivity index (χ4v) is 3.89. The standard InChI is InChI=1S/C26H22N2O2S/c29-26(28-23-10-6-16-27-17-23)21-12-14-24(15-13-21)31-19-22-9-4-5-11-25(22)30-18-20-7-2-1-3-8-20/h1-17H,18-19H2,(H,28,29). The van der Waals surface area contributed by atoms with Gasteiger partial charge in [0.1, 0.15) is 12.4 Å². The number of para-hydroxylation sites is 1. The molecule has 154 valence electrons. The highest BCUT2D eigenvalue weighted by atomic mass is 32.2. The third-order valence-corrected chi connectivity index (χ3v) is 5.70. The van der Waals surface area contributed by atoms with Crippen molar-refractivity contribution in [1.82, 2.24) is 4.98 Å². The van der Waals surface area contributed by atoms with E-state index < -0.39 is 0 Å². The molecule has 5 heteroatoms. The Labute approximate surface area is 186 Å². The first-order valence-corrected chi connectivity index (χ1v) is 11.0. The number of carbonyl (C=O) groups is 1. The number of hydrogen-bond donors (Lipinski definition) is 1. The van der Waals surface area contributed by atoms with Crippen LogP contribution in [-0.2, 0) is 12.4 Å². The van der Waals surface area contributed by atoms with Crippen LogP contribution in [0, 0.1) is 0 Å². The molecule has 1 amide bonds. The van der Waals surface area contributed by atoms with E-state index in [-0.39, 0.29) is 5.91 Å². The van der Waals surface area contributed by atoms with Gasteiger partial charge in [0.25, 0.3) is 5.91 Å². The fourth-order valence-electron chi connectivity index (χ4n) is 3.00. The number of anilines is 1. The van der Waals surface area contributed by atoms with Crippen LogP contribution in [0.2, 0.25) is 0 Å². The fraction of sp³-hybridized carbons (Fsp3) is 0.0769. The number of amides is 1. The summed E-state index contributed by atoms with van der Waals surface area (Å²) < 4.78 is 6.05. The van der Waals surface area contributed by atoms with E-state index in [1.54, 1.807) is 30.2 Å². The number of benzene rings is 3. The van der Waals surface area contributed by atoms with E-state index in [2.05, 4.69) is 28.5 Å². The molecule has 4 aromatic rings. The van der Waals surface area contributed by atoms with Gasteiger partial charge in [-0.25, -0.2) is 0 Å². The third-order valence-electron chi connectivity index (χ3n) is 4.64. The summed E-state index contributed by atoms with van der Waals surface area (Å²) in [6, 6.07) is 29.5. The molecule has 0 spiro atoms. The molecule has 0 fully saturated rings. The summed E-state index contributed by atoms with van der Waals surface area (Å²) in [4.78, 5) is 17.5. The zero-order valence-electron chi connectivity index (χ0n) is 16.9. The van der Waals surface area contributed by atoms with Crippen LogP contribution in [0.4, 0.5) is 5.69 Å². The van der Waals surface area contributed by atoms with Gasteiger partial charge in [0, 0.05) is 28.0 Å². The van der Waals surface area contributed by atoms with Gasteiger partial charge in [-0.15, -0.1) is 11.8 Å². The van der Waals surface area contributed by atoms with Gasteiger partial charge >= 0.3 is 0 Å². The van der Waals surface area contributed by atoms with Crippen molar-refractivity contribution >= 4 is 23.4 Å². The molecule has 1 N–H and O–H groups in total. The highest BCUT2D eigenvalue weighted by Crippen LogP contribution is 2.28. The number of pyridine rings is 1. The molecule has 0 saturated carbocycles. The Morgan fingerprint density at radius 3 is 2.42 bits per heavy atom. The van der Waals surface area contributed by atoms with Gasteiger partial charge in [0.05, 0.1) is 11.9 Å². The van der Waals surface area contributed by atoms with Gasteiger partial charge in [-0.2, -0.15) is 0 Å². The molecule has 0 atom stereocenters. The second kappa shape index (κ2) is 10.5. The molecule has 0 saturated heterocycles. The Morgan fingerprint density at radius 2 is 1.65 bits per heavy atom. The Hall–Kier alpha value is -3.57. The number of hydrogen-bond acceptors (Lipinski definition) is 4. The van der Waals surface area contributed by atoms with Gasteiger partial charge in [0.15, 0.2) is 0 Å². The van der Waals surface area contributed by atoms with E-state index in [1.807, 2.05) is 66.7 Å². The van der Waals surface area contributed by atoms with E-state index in [0.29, 0.717) is 17.9 Å². The highest BCUT2D eigenvalue weighted by Gasteiger charge is 2.08. The van der Waals surface area contributed by atoms with Crippen LogP contribution in [-0.4, -0.2) is 10.9 Å². The van der Waals surface area contributed by atoms with E-state index in [9.17, 15) is 4.79 Å². The average molecular weight is 427 g/mol. The van der Waals surface area contributed by atoms with Crippen LogP contribution in [0.15, 0.2) is 108 Å². The monoisotopic (exact) mass is 426 g/mol. The molecular weight excluding hydrogens is 404 g/mol. The maximum absolute atomic E-state index is 12.4. The first-order valence-electron chi connectivity index (χ1n) is 9.97. The molecule has 0 aliphatic rings. The molecule has 4 rings (SSSR count). The van der Waals surface area contributed by atoms with E-state index in [0.717, 1.165) is 27.5 Å². The van der Waals surface area contributed by atoms with Crippen LogP contribution in [0.25, 0.3) is 0 Å². The minimum Gasteiger partial charge on any atom is -0.489 e. The molecule has 0 aliphatic heterocycles. The Balaban J connectivity index is 1.34. The lowest BCUT2D eigenvalue weighted by Crippen LogP contribution is -2.11. The normalized spacial score (nSPS) is 10.5. The van der Waals surface area contributed by atoms with Crippen molar-refractivity contribution in [3.63, 3.8) is 0 Å². The van der Waals surface area contributed by atoms with Crippen molar-refractivity contribution in [2.45, 2.75) is 17.3 Å². The van der Waals surface area contributed by atoms with Gasteiger partial charge < -0.3 is 10.1 Å². The minimum absolute atomic E-state index is 0.149. The number of rotatable bonds is 8. The van der Waals surface area contributed by atoms with Crippen LogP contribution >= 0.6 is 11.8 Å². The number of nitrogens with one attached hydrogen (secondary N) is 1. The van der Waals surface area contributed by atoms with Crippen molar-refractivity contribution in [2.24, 2.45) is 0 Å². The largest absolute Gasteiger partial charge is 0.489 e. The predicted octanol–water partition coefficient (Wildman–Crippen LogP) is 6.21. The molecule has 1 aromatic heterocycles. The molecule has 3 aromatic carbocycles. The molecule has 4 nitrogen and oxygen atoms in total. The summed E-state index contributed by atoms with van der Waals surface area (Å²) in [5, 5.41) is 2.85. The number of thioether (sulfide) groups is 1. The lowest BCUT2D eigenvalue weighted by Gasteiger charge is -2.12. The van der Waals surface area contributed by atoms with Crippen LogP contribution < -0.4 is 10.1 Å². The summed E-state index contributed by atoms with van der Waals surface area (Å²) in [6.45, 7) is 0.545. The first kappa shape index (κ1) is 20.7. The Morgan fingerprint density at radius 1 is 0.871 bits per heavy atom. The lowest BCUT2D eigenvalue weighted by atomic mass is 10.2. The summed E-state index contributed by atoms with van der Waals surface area (Å²) in [7, 11) is 0. The summed E-state index contributed by atoms with van der Waals surface area (Å²) >= 11 is 1.71. The van der Waals surface area contributed by atoms with Crippen molar-refractivity contribution in [3.8, 4) is 5.75 Å². The smallest absolute Gasteiger partial charge is 0.255 e. The highest BCUT2D eigenvalue weighted by molar-refractivity contribution is 7.98. The van der Waals surface area contributed by atoms with E-state index >= 15 is 0 Å². The van der Waals surface area contributed by atoms with Crippen LogP contribution in [0.5, 0.6) is 5.75 Å². The summed E-state index contributed by atoms with van der Waals surface area (Å²) in [6.07, 6.45) is 3.30. The quantitative estimate of drug-likeness (QED) is 0.341. The van der Waals surface area contributed by atoms with Crippen LogP contribution in [0.3, 0.4) is 0 Å². The Bertz CT molecular complexity index is 1120. The number of carbonyl (C=O) groups excluding carboxylic acids is 1. The van der Waals surface area contributed by atoms with Gasteiger partial charge in [-0.1, -0.05) is 48.5 Å². The molecule has 0 unspecified atom stereocenters.